The summed E-state index contributed by atoms with van der Waals surface area (Å²) < 4.78 is 0. The van der Waals surface area contributed by atoms with E-state index < -0.39 is 0 Å². The Morgan fingerprint density at radius 1 is 1.33 bits per heavy atom. The van der Waals surface area contributed by atoms with E-state index in [2.05, 4.69) is 43.5 Å². The van der Waals surface area contributed by atoms with Gasteiger partial charge in [0.05, 0.1) is 0 Å². The molecule has 0 aliphatic carbocycles. The molecule has 0 unspecified atom stereocenters. The molecule has 0 amide bonds. The van der Waals surface area contributed by atoms with Crippen molar-refractivity contribution in [1.29, 1.82) is 0 Å². The lowest BCUT2D eigenvalue weighted by atomic mass is 10.1. The molecule has 0 radical (unpaired) electrons. The molecule has 15 heavy (non-hydrogen) atoms. The number of hydrogen-bond acceptors (Lipinski definition) is 0. The molecule has 0 aliphatic heterocycles. The van der Waals surface area contributed by atoms with Gasteiger partial charge in [-0.1, -0.05) is 62.4 Å². The predicted octanol–water partition coefficient (Wildman–Crippen LogP) is 4.60. The molecule has 0 saturated heterocycles. The fourth-order valence-corrected chi connectivity index (χ4v) is 1.36. The highest BCUT2D eigenvalue weighted by Gasteiger charge is 1.90. The van der Waals surface area contributed by atoms with Crippen molar-refractivity contribution in [2.75, 3.05) is 0 Å². The van der Waals surface area contributed by atoms with Gasteiger partial charge in [0.15, 0.2) is 0 Å². The third-order valence-corrected chi connectivity index (χ3v) is 2.30. The van der Waals surface area contributed by atoms with E-state index >= 15 is 0 Å². The first kappa shape index (κ1) is 11.6. The van der Waals surface area contributed by atoms with Gasteiger partial charge in [0.1, 0.15) is 0 Å². The van der Waals surface area contributed by atoms with E-state index in [-0.39, 0.29) is 0 Å². The molecule has 0 heteroatoms. The van der Waals surface area contributed by atoms with Crippen molar-refractivity contribution in [3.8, 4) is 0 Å². The molecule has 0 N–H and O–H groups in total. The van der Waals surface area contributed by atoms with E-state index in [9.17, 15) is 0 Å². The van der Waals surface area contributed by atoms with Crippen molar-refractivity contribution in [2.24, 2.45) is 0 Å². The largest absolute Gasteiger partial charge is 0.125 e. The van der Waals surface area contributed by atoms with Gasteiger partial charge in [0.2, 0.25) is 0 Å². The molecule has 0 saturated carbocycles. The first-order valence-corrected chi connectivity index (χ1v) is 5.49. The molecule has 0 bridgehead atoms. The molecule has 0 spiro atoms. The number of allylic oxidation sites excluding steroid dienone is 2. The van der Waals surface area contributed by atoms with Gasteiger partial charge in [-0.25, -0.2) is 0 Å². The Labute approximate surface area is 92.6 Å². The third-order valence-electron chi connectivity index (χ3n) is 2.30. The van der Waals surface area contributed by atoms with Crippen molar-refractivity contribution in [3.05, 3.63) is 59.9 Å². The monoisotopic (exact) mass is 198 g/mol. The quantitative estimate of drug-likeness (QED) is 0.479. The lowest BCUT2D eigenvalue weighted by Crippen LogP contribution is -1.77. The van der Waals surface area contributed by atoms with Gasteiger partial charge >= 0.3 is 0 Å². The summed E-state index contributed by atoms with van der Waals surface area (Å²) in [6.07, 6.45) is 7.71. The van der Waals surface area contributed by atoms with E-state index in [1.54, 1.807) is 0 Å². The average molecular weight is 198 g/mol. The van der Waals surface area contributed by atoms with Gasteiger partial charge in [-0.15, -0.1) is 5.73 Å². The summed E-state index contributed by atoms with van der Waals surface area (Å²) in [7, 11) is 0. The van der Waals surface area contributed by atoms with E-state index in [4.69, 9.17) is 0 Å². The van der Waals surface area contributed by atoms with Gasteiger partial charge < -0.3 is 0 Å². The number of unbranched alkanes of at least 4 members (excludes halogenated alkanes) is 1. The van der Waals surface area contributed by atoms with E-state index in [1.165, 1.54) is 24.0 Å². The first-order chi connectivity index (χ1) is 7.36. The van der Waals surface area contributed by atoms with Crippen LogP contribution in [0, 0.1) is 0 Å². The van der Waals surface area contributed by atoms with E-state index in [0.29, 0.717) is 0 Å². The summed E-state index contributed by atoms with van der Waals surface area (Å²) >= 11 is 0. The van der Waals surface area contributed by atoms with Crippen molar-refractivity contribution >= 4 is 6.08 Å². The second kappa shape index (κ2) is 6.86. The zero-order valence-corrected chi connectivity index (χ0v) is 9.37. The summed E-state index contributed by atoms with van der Waals surface area (Å²) in [4.78, 5) is 0. The van der Waals surface area contributed by atoms with Crippen LogP contribution in [0.5, 0.6) is 0 Å². The van der Waals surface area contributed by atoms with Crippen LogP contribution in [0.15, 0.2) is 54.3 Å². The predicted molar refractivity (Wildman–Crippen MR) is 67.7 cm³/mol. The maximum absolute atomic E-state index is 3.71. The Balaban J connectivity index is 2.60. The fraction of sp³-hybridized carbons (Fsp3) is 0.267. The maximum Gasteiger partial charge on any atom is -0.00664 e. The second-order valence-electron chi connectivity index (χ2n) is 3.55. The van der Waals surface area contributed by atoms with Crippen LogP contribution in [0.3, 0.4) is 0 Å². The maximum atomic E-state index is 3.71. The molecule has 0 aliphatic rings. The minimum atomic E-state index is 1.07. The molecule has 78 valence electrons. The molecule has 0 atom stereocenters. The number of rotatable bonds is 5. The highest BCUT2D eigenvalue weighted by Crippen LogP contribution is 2.10. The van der Waals surface area contributed by atoms with Crippen LogP contribution in [-0.2, 0) is 0 Å². The Morgan fingerprint density at radius 3 is 2.67 bits per heavy atom. The van der Waals surface area contributed by atoms with Crippen molar-refractivity contribution in [2.45, 2.75) is 26.2 Å². The van der Waals surface area contributed by atoms with Crippen LogP contribution in [0.1, 0.15) is 31.7 Å². The van der Waals surface area contributed by atoms with Gasteiger partial charge in [0, 0.05) is 0 Å². The SMILES string of the molecule is C=C=C(/C=C/c1ccccc1)CCCC. The summed E-state index contributed by atoms with van der Waals surface area (Å²) in [6.45, 7) is 5.91. The van der Waals surface area contributed by atoms with E-state index in [1.807, 2.05) is 18.2 Å². The van der Waals surface area contributed by atoms with Gasteiger partial charge in [-0.3, -0.25) is 0 Å². The molecule has 0 heterocycles. The fourth-order valence-electron chi connectivity index (χ4n) is 1.36. The zero-order valence-electron chi connectivity index (χ0n) is 9.37. The number of benzene rings is 1. The minimum absolute atomic E-state index is 1.07. The van der Waals surface area contributed by atoms with Crippen LogP contribution < -0.4 is 0 Å². The molecule has 1 aromatic carbocycles. The number of hydrogen-bond donors (Lipinski definition) is 0. The summed E-state index contributed by atoms with van der Waals surface area (Å²) in [6, 6.07) is 10.3. The van der Waals surface area contributed by atoms with Crippen LogP contribution in [-0.4, -0.2) is 0 Å². The van der Waals surface area contributed by atoms with Crippen LogP contribution in [0.2, 0.25) is 0 Å². The van der Waals surface area contributed by atoms with Crippen LogP contribution in [0.4, 0.5) is 0 Å². The van der Waals surface area contributed by atoms with Crippen molar-refractivity contribution < 1.29 is 0 Å². The molecule has 0 fully saturated rings. The molecular weight excluding hydrogens is 180 g/mol. The van der Waals surface area contributed by atoms with Crippen molar-refractivity contribution in [1.82, 2.24) is 0 Å². The van der Waals surface area contributed by atoms with Crippen LogP contribution in [0.25, 0.3) is 6.08 Å². The Morgan fingerprint density at radius 2 is 2.07 bits per heavy atom. The molecule has 0 aromatic heterocycles. The highest BCUT2D eigenvalue weighted by molar-refractivity contribution is 5.52. The summed E-state index contributed by atoms with van der Waals surface area (Å²) in [5.41, 5.74) is 5.41. The Kier molecular flexibility index (Phi) is 5.29. The first-order valence-electron chi connectivity index (χ1n) is 5.49. The topological polar surface area (TPSA) is 0 Å². The van der Waals surface area contributed by atoms with E-state index in [0.717, 1.165) is 6.42 Å². The molecule has 0 nitrogen and oxygen atoms in total. The lowest BCUT2D eigenvalue weighted by molar-refractivity contribution is 0.799. The second-order valence-corrected chi connectivity index (χ2v) is 3.55. The summed E-state index contributed by atoms with van der Waals surface area (Å²) in [5.74, 6) is 0. The average Bonchev–Trinajstić information content (AvgIpc) is 2.31. The third kappa shape index (κ3) is 4.49. The molecule has 1 aromatic rings. The molecular formula is C15H18. The van der Waals surface area contributed by atoms with Crippen molar-refractivity contribution in [3.63, 3.8) is 0 Å². The normalized spacial score (nSPS) is 10.2. The standard InChI is InChI=1S/C15H18/c1-3-5-9-14(4-2)12-13-15-10-7-6-8-11-15/h6-8,10-13H,2-3,5,9H2,1H3/b13-12+. The zero-order chi connectivity index (χ0) is 10.9. The van der Waals surface area contributed by atoms with Gasteiger partial charge in [-0.2, -0.15) is 0 Å². The Bertz CT molecular complexity index is 351. The summed E-state index contributed by atoms with van der Waals surface area (Å²) in [5, 5.41) is 0. The highest BCUT2D eigenvalue weighted by atomic mass is 13.9. The lowest BCUT2D eigenvalue weighted by Gasteiger charge is -1.97. The van der Waals surface area contributed by atoms with Gasteiger partial charge in [-0.05, 0) is 24.0 Å². The van der Waals surface area contributed by atoms with Crippen LogP contribution >= 0.6 is 0 Å². The van der Waals surface area contributed by atoms with Gasteiger partial charge in [0.25, 0.3) is 0 Å². The minimum Gasteiger partial charge on any atom is -0.125 e. The molecule has 1 rings (SSSR count). The Hall–Kier alpha value is -1.52. The smallest absolute Gasteiger partial charge is 0.00664 e.